The Balaban J connectivity index is 1.90. The predicted octanol–water partition coefficient (Wildman–Crippen LogP) is 5.74. The summed E-state index contributed by atoms with van der Waals surface area (Å²) in [6.07, 6.45) is 0. The first kappa shape index (κ1) is 14.9. The molecule has 21 heavy (non-hydrogen) atoms. The lowest BCUT2D eigenvalue weighted by atomic mass is 10.1. The van der Waals surface area contributed by atoms with Gasteiger partial charge in [-0.2, -0.15) is 0 Å². The largest absolute Gasteiger partial charge is 0.327 e. The number of halogens is 1. The second-order valence-electron chi connectivity index (χ2n) is 5.05. The van der Waals surface area contributed by atoms with E-state index in [1.165, 1.54) is 20.5 Å². The van der Waals surface area contributed by atoms with Crippen molar-refractivity contribution in [2.45, 2.75) is 23.1 Å². The Morgan fingerprint density at radius 1 is 1.05 bits per heavy atom. The number of hydrogen-bond acceptors (Lipinski definition) is 3. The standard InChI is InChI=1S/C17H16ClNS2/c1-11(19)17(15-8-9-16(18)21-15)20-14-7-6-12-4-2-3-5-13(12)10-14/h2-11,17H,19H2,1H3. The topological polar surface area (TPSA) is 26.0 Å². The van der Waals surface area contributed by atoms with Crippen molar-refractivity contribution in [3.05, 3.63) is 63.8 Å². The number of rotatable bonds is 4. The highest BCUT2D eigenvalue weighted by molar-refractivity contribution is 7.99. The summed E-state index contributed by atoms with van der Waals surface area (Å²) in [7, 11) is 0. The Labute approximate surface area is 138 Å². The molecular weight excluding hydrogens is 318 g/mol. The Kier molecular flexibility index (Phi) is 4.55. The summed E-state index contributed by atoms with van der Waals surface area (Å²) >= 11 is 9.48. The maximum atomic E-state index is 6.18. The summed E-state index contributed by atoms with van der Waals surface area (Å²) in [5.41, 5.74) is 6.18. The Morgan fingerprint density at radius 3 is 2.48 bits per heavy atom. The Morgan fingerprint density at radius 2 is 1.81 bits per heavy atom. The molecule has 3 aromatic rings. The van der Waals surface area contributed by atoms with Crippen LogP contribution in [0.1, 0.15) is 17.1 Å². The lowest BCUT2D eigenvalue weighted by Gasteiger charge is -2.19. The quantitative estimate of drug-likeness (QED) is 0.616. The summed E-state index contributed by atoms with van der Waals surface area (Å²) in [6.45, 7) is 2.05. The van der Waals surface area contributed by atoms with Gasteiger partial charge in [0.05, 0.1) is 9.59 Å². The van der Waals surface area contributed by atoms with E-state index >= 15 is 0 Å². The molecule has 0 spiro atoms. The van der Waals surface area contributed by atoms with Crippen molar-refractivity contribution in [1.29, 1.82) is 0 Å². The van der Waals surface area contributed by atoms with Crippen LogP contribution in [0.5, 0.6) is 0 Å². The molecule has 2 N–H and O–H groups in total. The number of nitrogens with two attached hydrogens (primary N) is 1. The van der Waals surface area contributed by atoms with Gasteiger partial charge in [-0.1, -0.05) is 41.9 Å². The van der Waals surface area contributed by atoms with E-state index in [-0.39, 0.29) is 11.3 Å². The smallest absolute Gasteiger partial charge is 0.0931 e. The van der Waals surface area contributed by atoms with Crippen molar-refractivity contribution in [3.63, 3.8) is 0 Å². The van der Waals surface area contributed by atoms with Crippen molar-refractivity contribution in [1.82, 2.24) is 0 Å². The van der Waals surface area contributed by atoms with Crippen LogP contribution in [0.25, 0.3) is 10.8 Å². The van der Waals surface area contributed by atoms with E-state index < -0.39 is 0 Å². The molecule has 0 saturated carbocycles. The molecule has 0 radical (unpaired) electrons. The number of thioether (sulfide) groups is 1. The van der Waals surface area contributed by atoms with Crippen molar-refractivity contribution in [3.8, 4) is 0 Å². The maximum absolute atomic E-state index is 6.18. The number of thiophene rings is 1. The van der Waals surface area contributed by atoms with Crippen LogP contribution in [-0.4, -0.2) is 6.04 Å². The third-order valence-corrected chi connectivity index (χ3v) is 6.26. The summed E-state index contributed by atoms with van der Waals surface area (Å²) < 4.78 is 0.815. The summed E-state index contributed by atoms with van der Waals surface area (Å²) in [5.74, 6) is 0. The first-order valence-electron chi connectivity index (χ1n) is 6.80. The predicted molar refractivity (Wildman–Crippen MR) is 95.5 cm³/mol. The average molecular weight is 334 g/mol. The van der Waals surface area contributed by atoms with E-state index in [1.54, 1.807) is 23.1 Å². The van der Waals surface area contributed by atoms with Crippen LogP contribution in [0.15, 0.2) is 59.5 Å². The van der Waals surface area contributed by atoms with Crippen molar-refractivity contribution < 1.29 is 0 Å². The Hall–Kier alpha value is -1.000. The molecule has 2 aromatic carbocycles. The van der Waals surface area contributed by atoms with Crippen molar-refractivity contribution >= 4 is 45.5 Å². The molecule has 0 bridgehead atoms. The van der Waals surface area contributed by atoms with Crippen LogP contribution >= 0.6 is 34.7 Å². The first-order valence-corrected chi connectivity index (χ1v) is 8.87. The van der Waals surface area contributed by atoms with Crippen LogP contribution in [0.2, 0.25) is 4.34 Å². The molecule has 108 valence electrons. The third kappa shape index (κ3) is 3.43. The van der Waals surface area contributed by atoms with E-state index in [9.17, 15) is 0 Å². The van der Waals surface area contributed by atoms with E-state index in [4.69, 9.17) is 17.3 Å². The van der Waals surface area contributed by atoms with Crippen LogP contribution in [0.4, 0.5) is 0 Å². The molecule has 3 rings (SSSR count). The van der Waals surface area contributed by atoms with Crippen LogP contribution in [-0.2, 0) is 0 Å². The normalized spacial score (nSPS) is 14.2. The highest BCUT2D eigenvalue weighted by Crippen LogP contribution is 2.41. The molecule has 0 saturated heterocycles. The zero-order valence-corrected chi connectivity index (χ0v) is 14.0. The third-order valence-electron chi connectivity index (χ3n) is 3.34. The fourth-order valence-electron chi connectivity index (χ4n) is 2.29. The fraction of sp³-hybridized carbons (Fsp3) is 0.176. The minimum atomic E-state index is 0.0659. The van der Waals surface area contributed by atoms with E-state index in [1.807, 2.05) is 13.0 Å². The van der Waals surface area contributed by atoms with Gasteiger partial charge in [-0.25, -0.2) is 0 Å². The van der Waals surface area contributed by atoms with Gasteiger partial charge in [0.15, 0.2) is 0 Å². The molecule has 2 atom stereocenters. The van der Waals surface area contributed by atoms with E-state index in [0.717, 1.165) is 4.34 Å². The molecule has 0 aliphatic heterocycles. The fourth-order valence-corrected chi connectivity index (χ4v) is 4.78. The molecular formula is C17H16ClNS2. The minimum absolute atomic E-state index is 0.0659. The summed E-state index contributed by atoms with van der Waals surface area (Å²) in [4.78, 5) is 2.47. The molecule has 1 heterocycles. The molecule has 0 fully saturated rings. The molecule has 0 aliphatic rings. The lowest BCUT2D eigenvalue weighted by molar-refractivity contribution is 0.730. The second-order valence-corrected chi connectivity index (χ2v) is 8.01. The zero-order chi connectivity index (χ0) is 14.8. The first-order chi connectivity index (χ1) is 10.1. The zero-order valence-electron chi connectivity index (χ0n) is 11.6. The second kappa shape index (κ2) is 6.41. The highest BCUT2D eigenvalue weighted by Gasteiger charge is 2.19. The van der Waals surface area contributed by atoms with Gasteiger partial charge in [0.25, 0.3) is 0 Å². The van der Waals surface area contributed by atoms with Gasteiger partial charge in [0, 0.05) is 15.8 Å². The van der Waals surface area contributed by atoms with Gasteiger partial charge in [0.1, 0.15) is 0 Å². The van der Waals surface area contributed by atoms with E-state index in [2.05, 4.69) is 48.5 Å². The molecule has 4 heteroatoms. The number of hydrogen-bond donors (Lipinski definition) is 1. The summed E-state index contributed by atoms with van der Waals surface area (Å²) in [6, 6.07) is 19.0. The molecule has 0 amide bonds. The van der Waals surface area contributed by atoms with Gasteiger partial charge in [-0.05, 0) is 42.0 Å². The molecule has 1 nitrogen and oxygen atoms in total. The van der Waals surface area contributed by atoms with Crippen LogP contribution in [0.3, 0.4) is 0 Å². The molecule has 0 aliphatic carbocycles. The van der Waals surface area contributed by atoms with Crippen molar-refractivity contribution in [2.75, 3.05) is 0 Å². The van der Waals surface area contributed by atoms with Gasteiger partial charge in [0.2, 0.25) is 0 Å². The molecule has 2 unspecified atom stereocenters. The van der Waals surface area contributed by atoms with Gasteiger partial charge in [-0.3, -0.25) is 0 Å². The maximum Gasteiger partial charge on any atom is 0.0931 e. The van der Waals surface area contributed by atoms with Crippen LogP contribution in [0, 0.1) is 0 Å². The number of fused-ring (bicyclic) bond motifs is 1. The SMILES string of the molecule is CC(N)C(Sc1ccc2ccccc2c1)c1ccc(Cl)s1. The lowest BCUT2D eigenvalue weighted by Crippen LogP contribution is -2.21. The van der Waals surface area contributed by atoms with Crippen molar-refractivity contribution in [2.24, 2.45) is 5.73 Å². The minimum Gasteiger partial charge on any atom is -0.327 e. The monoisotopic (exact) mass is 333 g/mol. The average Bonchev–Trinajstić information content (AvgIpc) is 2.90. The highest BCUT2D eigenvalue weighted by atomic mass is 35.5. The van der Waals surface area contributed by atoms with Gasteiger partial charge in [-0.15, -0.1) is 23.1 Å². The van der Waals surface area contributed by atoms with E-state index in [0.29, 0.717) is 0 Å². The summed E-state index contributed by atoms with van der Waals surface area (Å²) in [5, 5.41) is 2.75. The van der Waals surface area contributed by atoms with Crippen LogP contribution < -0.4 is 5.73 Å². The van der Waals surface area contributed by atoms with Gasteiger partial charge >= 0.3 is 0 Å². The van der Waals surface area contributed by atoms with Gasteiger partial charge < -0.3 is 5.73 Å². The number of benzene rings is 2. The Bertz CT molecular complexity index is 751. The molecule has 1 aromatic heterocycles.